The second-order valence-electron chi connectivity index (χ2n) is 12.5. The molecule has 0 saturated heterocycles. The lowest BCUT2D eigenvalue weighted by Gasteiger charge is -2.15. The largest absolute Gasteiger partial charge is 0.265 e. The number of pyridine rings is 1. The first kappa shape index (κ1) is 29.4. The van der Waals surface area contributed by atoms with Gasteiger partial charge in [-0.2, -0.15) is 0 Å². The first-order chi connectivity index (χ1) is 24.8. The number of aromatic nitrogens is 3. The Balaban J connectivity index is 1.23. The number of hydrogen-bond donors (Lipinski definition) is 0. The van der Waals surface area contributed by atoms with Crippen LogP contribution in [0, 0.1) is 0 Å². The summed E-state index contributed by atoms with van der Waals surface area (Å²) in [5.41, 5.74) is 11.9. The summed E-state index contributed by atoms with van der Waals surface area (Å²) < 4.78 is 0. The van der Waals surface area contributed by atoms with E-state index in [4.69, 9.17) is 9.97 Å². The van der Waals surface area contributed by atoms with E-state index in [1.165, 1.54) is 21.7 Å². The lowest BCUT2D eigenvalue weighted by Crippen LogP contribution is -1.97. The van der Waals surface area contributed by atoms with Crippen molar-refractivity contribution in [2.45, 2.75) is 0 Å². The Hall–Kier alpha value is -6.71. The summed E-state index contributed by atoms with van der Waals surface area (Å²) in [5, 5.41) is 4.73. The first-order valence-corrected chi connectivity index (χ1v) is 16.8. The minimum atomic E-state index is 0.706. The Morgan fingerprint density at radius 3 is 1.60 bits per heavy atom. The average molecular weight is 638 g/mol. The predicted molar refractivity (Wildman–Crippen MR) is 207 cm³/mol. The molecule has 3 nitrogen and oxygen atoms in total. The van der Waals surface area contributed by atoms with Gasteiger partial charge in [0.1, 0.15) is 0 Å². The molecular formula is C47H31N3. The maximum Gasteiger partial charge on any atom is 0.160 e. The van der Waals surface area contributed by atoms with E-state index in [1.807, 2.05) is 30.7 Å². The maximum atomic E-state index is 5.42. The zero-order valence-corrected chi connectivity index (χ0v) is 27.2. The van der Waals surface area contributed by atoms with Gasteiger partial charge in [-0.3, -0.25) is 4.98 Å². The SMILES string of the molecule is c1ccc(-c2cccc(-c3nc(-c4cc5ccccc5c5ccccc45)ncc3-c3cccc(-c4cccc(-c5ccncc5)c4)c3)c2)cc1. The van der Waals surface area contributed by atoms with Crippen LogP contribution in [0.25, 0.3) is 88.7 Å². The summed E-state index contributed by atoms with van der Waals surface area (Å²) >= 11 is 0. The van der Waals surface area contributed by atoms with Crippen LogP contribution in [0.2, 0.25) is 0 Å². The van der Waals surface area contributed by atoms with Gasteiger partial charge in [0.05, 0.1) is 5.69 Å². The smallest absolute Gasteiger partial charge is 0.160 e. The second kappa shape index (κ2) is 12.7. The van der Waals surface area contributed by atoms with E-state index in [1.54, 1.807) is 0 Å². The van der Waals surface area contributed by atoms with Crippen LogP contribution in [0.3, 0.4) is 0 Å². The molecule has 0 aliphatic carbocycles. The van der Waals surface area contributed by atoms with Crippen LogP contribution in [0.4, 0.5) is 0 Å². The molecule has 2 aromatic heterocycles. The third-order valence-corrected chi connectivity index (χ3v) is 9.42. The van der Waals surface area contributed by atoms with Crippen LogP contribution in [0.15, 0.2) is 188 Å². The third-order valence-electron chi connectivity index (χ3n) is 9.42. The van der Waals surface area contributed by atoms with Crippen LogP contribution < -0.4 is 0 Å². The molecular weight excluding hydrogens is 607 g/mol. The Morgan fingerprint density at radius 1 is 0.340 bits per heavy atom. The Labute approximate surface area is 291 Å². The number of nitrogens with zero attached hydrogens (tertiary/aromatic N) is 3. The lowest BCUT2D eigenvalue weighted by atomic mass is 9.93. The molecule has 0 amide bonds. The van der Waals surface area contributed by atoms with Gasteiger partial charge < -0.3 is 0 Å². The zero-order chi connectivity index (χ0) is 33.3. The summed E-state index contributed by atoms with van der Waals surface area (Å²) in [5.74, 6) is 0.706. The van der Waals surface area contributed by atoms with Crippen molar-refractivity contribution in [2.75, 3.05) is 0 Å². The fourth-order valence-corrected chi connectivity index (χ4v) is 6.95. The van der Waals surface area contributed by atoms with Crippen LogP contribution in [0.1, 0.15) is 0 Å². The minimum Gasteiger partial charge on any atom is -0.265 e. The summed E-state index contributed by atoms with van der Waals surface area (Å²) in [6.45, 7) is 0. The summed E-state index contributed by atoms with van der Waals surface area (Å²) in [4.78, 5) is 14.7. The van der Waals surface area contributed by atoms with Crippen LogP contribution in [-0.4, -0.2) is 15.0 Å². The molecule has 0 radical (unpaired) electrons. The van der Waals surface area contributed by atoms with Gasteiger partial charge in [-0.25, -0.2) is 9.97 Å². The highest BCUT2D eigenvalue weighted by molar-refractivity contribution is 6.13. The van der Waals surface area contributed by atoms with Crippen molar-refractivity contribution in [2.24, 2.45) is 0 Å². The number of hydrogen-bond acceptors (Lipinski definition) is 3. The molecule has 0 fully saturated rings. The molecule has 50 heavy (non-hydrogen) atoms. The average Bonchev–Trinajstić information content (AvgIpc) is 3.21. The zero-order valence-electron chi connectivity index (χ0n) is 27.2. The third kappa shape index (κ3) is 5.51. The van der Waals surface area contributed by atoms with E-state index in [0.29, 0.717) is 5.82 Å². The molecule has 7 aromatic carbocycles. The van der Waals surface area contributed by atoms with Crippen molar-refractivity contribution in [3.8, 4) is 67.2 Å². The number of rotatable bonds is 6. The van der Waals surface area contributed by atoms with Crippen LogP contribution in [0.5, 0.6) is 0 Å². The van der Waals surface area contributed by atoms with Crippen molar-refractivity contribution in [3.63, 3.8) is 0 Å². The molecule has 0 unspecified atom stereocenters. The maximum absolute atomic E-state index is 5.42. The number of fused-ring (bicyclic) bond motifs is 3. The van der Waals surface area contributed by atoms with Crippen molar-refractivity contribution in [3.05, 3.63) is 188 Å². The van der Waals surface area contributed by atoms with E-state index in [9.17, 15) is 0 Å². The molecule has 234 valence electrons. The van der Waals surface area contributed by atoms with Crippen molar-refractivity contribution >= 4 is 21.5 Å². The molecule has 0 bridgehead atoms. The molecule has 0 aliphatic heterocycles. The topological polar surface area (TPSA) is 38.7 Å². The Morgan fingerprint density at radius 2 is 0.860 bits per heavy atom. The van der Waals surface area contributed by atoms with Crippen molar-refractivity contribution in [1.82, 2.24) is 15.0 Å². The van der Waals surface area contributed by atoms with Gasteiger partial charge in [0.15, 0.2) is 5.82 Å². The fraction of sp³-hybridized carbons (Fsp3) is 0. The second-order valence-corrected chi connectivity index (χ2v) is 12.5. The van der Waals surface area contributed by atoms with Gasteiger partial charge in [-0.1, -0.05) is 133 Å². The highest BCUT2D eigenvalue weighted by Crippen LogP contribution is 2.38. The highest BCUT2D eigenvalue weighted by Gasteiger charge is 2.17. The number of benzene rings is 7. The van der Waals surface area contributed by atoms with Gasteiger partial charge in [0.2, 0.25) is 0 Å². The molecule has 0 spiro atoms. The Kier molecular flexibility index (Phi) is 7.49. The monoisotopic (exact) mass is 637 g/mol. The fourth-order valence-electron chi connectivity index (χ4n) is 6.95. The van der Waals surface area contributed by atoms with Gasteiger partial charge in [-0.05, 0) is 96.9 Å². The molecule has 9 rings (SSSR count). The summed E-state index contributed by atoms with van der Waals surface area (Å²) in [6.07, 6.45) is 5.67. The van der Waals surface area contributed by atoms with Crippen molar-refractivity contribution in [1.29, 1.82) is 0 Å². The van der Waals surface area contributed by atoms with Gasteiger partial charge in [-0.15, -0.1) is 0 Å². The quantitative estimate of drug-likeness (QED) is 0.170. The van der Waals surface area contributed by atoms with E-state index in [-0.39, 0.29) is 0 Å². The van der Waals surface area contributed by atoms with Crippen LogP contribution in [-0.2, 0) is 0 Å². The normalized spacial score (nSPS) is 11.2. The summed E-state index contributed by atoms with van der Waals surface area (Å²) in [7, 11) is 0. The predicted octanol–water partition coefficient (Wildman–Crippen LogP) is 12.2. The standard InChI is InChI=1S/C47H31N3/c1-2-11-32(12-3-1)35-15-10-19-40(29-35)46-45(38-18-9-17-37(28-38)36-16-8-14-34(27-36)33-23-25-48-26-24-33)31-49-47(50-46)44-30-39-13-4-5-20-41(39)42-21-6-7-22-43(42)44/h1-31H. The molecule has 0 aliphatic rings. The van der Waals surface area contributed by atoms with Crippen molar-refractivity contribution < 1.29 is 0 Å². The molecule has 3 heteroatoms. The molecule has 0 atom stereocenters. The highest BCUT2D eigenvalue weighted by atomic mass is 14.9. The van der Waals surface area contributed by atoms with E-state index in [0.717, 1.165) is 61.2 Å². The van der Waals surface area contributed by atoms with Crippen LogP contribution >= 0.6 is 0 Å². The first-order valence-electron chi connectivity index (χ1n) is 16.8. The lowest BCUT2D eigenvalue weighted by molar-refractivity contribution is 1.19. The van der Waals surface area contributed by atoms with Gasteiger partial charge in [0, 0.05) is 35.3 Å². The van der Waals surface area contributed by atoms with E-state index in [2.05, 4.69) is 163 Å². The summed E-state index contributed by atoms with van der Waals surface area (Å²) in [6, 6.07) is 60.0. The van der Waals surface area contributed by atoms with E-state index < -0.39 is 0 Å². The molecule has 0 N–H and O–H groups in total. The molecule has 2 heterocycles. The molecule has 9 aromatic rings. The van der Waals surface area contributed by atoms with E-state index >= 15 is 0 Å². The Bertz CT molecular complexity index is 2650. The molecule has 0 saturated carbocycles. The van der Waals surface area contributed by atoms with Gasteiger partial charge >= 0.3 is 0 Å². The minimum absolute atomic E-state index is 0.706. The van der Waals surface area contributed by atoms with Gasteiger partial charge in [0.25, 0.3) is 0 Å².